The van der Waals surface area contributed by atoms with Crippen LogP contribution in [-0.2, 0) is 13.8 Å². The summed E-state index contributed by atoms with van der Waals surface area (Å²) < 4.78 is 20.0. The Labute approximate surface area is 193 Å². The normalized spacial score (nSPS) is 14.4. The van der Waals surface area contributed by atoms with Crippen LogP contribution in [0.4, 0.5) is 0 Å². The first-order valence-electron chi connectivity index (χ1n) is 10.6. The summed E-state index contributed by atoms with van der Waals surface area (Å²) in [5, 5.41) is 12.5. The van der Waals surface area contributed by atoms with Gasteiger partial charge in [-0.3, -0.25) is 4.57 Å². The van der Waals surface area contributed by atoms with E-state index in [1.165, 1.54) is 70.6 Å². The molecule has 0 spiro atoms. The maximum absolute atomic E-state index is 10.4. The second-order valence-electron chi connectivity index (χ2n) is 7.12. The average molecular weight is 434 g/mol. The summed E-state index contributed by atoms with van der Waals surface area (Å²) in [6, 6.07) is 0. The molecular formula is C19H41NNaO6P. The second kappa shape index (κ2) is 22.7. The van der Waals surface area contributed by atoms with Crippen LogP contribution in [0.2, 0.25) is 0 Å². The Morgan fingerprint density at radius 2 is 1.43 bits per heavy atom. The molecule has 3 N–H and O–H groups in total. The SMILES string of the molecule is CCCCCCCCCCCCCCOCC(O)CNCCOP(=O)([O-])O.[Na+]. The van der Waals surface area contributed by atoms with Crippen molar-refractivity contribution in [1.29, 1.82) is 0 Å². The van der Waals surface area contributed by atoms with Crippen LogP contribution in [0, 0.1) is 0 Å². The van der Waals surface area contributed by atoms with Gasteiger partial charge in [-0.15, -0.1) is 0 Å². The van der Waals surface area contributed by atoms with Crippen LogP contribution in [-0.4, -0.2) is 49.0 Å². The molecule has 0 aromatic rings. The summed E-state index contributed by atoms with van der Waals surface area (Å²) in [5.74, 6) is 0. The van der Waals surface area contributed by atoms with Gasteiger partial charge < -0.3 is 29.5 Å². The predicted molar refractivity (Wildman–Crippen MR) is 107 cm³/mol. The molecule has 0 saturated carbocycles. The number of hydrogen-bond acceptors (Lipinski definition) is 6. The van der Waals surface area contributed by atoms with E-state index in [9.17, 15) is 14.6 Å². The summed E-state index contributed by atoms with van der Waals surface area (Å²) in [7, 11) is -4.65. The van der Waals surface area contributed by atoms with Gasteiger partial charge in [0.25, 0.3) is 7.82 Å². The molecule has 0 heterocycles. The van der Waals surface area contributed by atoms with Crippen molar-refractivity contribution in [2.24, 2.45) is 0 Å². The van der Waals surface area contributed by atoms with Gasteiger partial charge in [0.2, 0.25) is 0 Å². The molecule has 9 heteroatoms. The average Bonchev–Trinajstić information content (AvgIpc) is 2.60. The van der Waals surface area contributed by atoms with Crippen LogP contribution in [0.1, 0.15) is 84.0 Å². The van der Waals surface area contributed by atoms with Crippen molar-refractivity contribution in [2.45, 2.75) is 90.1 Å². The smallest absolute Gasteiger partial charge is 0.756 e. The molecule has 0 aliphatic rings. The standard InChI is InChI=1S/C19H42NO6P.Na/c1-2-3-4-5-6-7-8-9-10-11-12-13-15-25-18-19(21)17-20-14-16-26-27(22,23)24;/h19-21H,2-18H2,1H3,(H2,22,23,24);/q;+1/p-1. The Morgan fingerprint density at radius 1 is 0.929 bits per heavy atom. The number of phosphoric ester groups is 1. The van der Waals surface area contributed by atoms with Gasteiger partial charge in [0, 0.05) is 19.7 Å². The molecule has 164 valence electrons. The zero-order valence-corrected chi connectivity index (χ0v) is 21.0. The molecule has 0 saturated heterocycles. The molecule has 0 rings (SSSR count). The maximum atomic E-state index is 10.4. The van der Waals surface area contributed by atoms with Gasteiger partial charge in [-0.25, -0.2) is 0 Å². The van der Waals surface area contributed by atoms with Crippen LogP contribution in [0.3, 0.4) is 0 Å². The minimum atomic E-state index is -4.65. The molecule has 0 amide bonds. The van der Waals surface area contributed by atoms with Crippen molar-refractivity contribution in [2.75, 3.05) is 32.9 Å². The topological polar surface area (TPSA) is 111 Å². The van der Waals surface area contributed by atoms with Gasteiger partial charge in [-0.2, -0.15) is 0 Å². The zero-order chi connectivity index (χ0) is 20.2. The first kappa shape index (κ1) is 31.2. The monoisotopic (exact) mass is 433 g/mol. The number of rotatable bonds is 21. The van der Waals surface area contributed by atoms with E-state index in [1.54, 1.807) is 0 Å². The fraction of sp³-hybridized carbons (Fsp3) is 1.00. The Bertz CT molecular complexity index is 359. The molecule has 0 aromatic heterocycles. The number of aliphatic hydroxyl groups is 1. The van der Waals surface area contributed by atoms with E-state index in [0.717, 1.165) is 6.42 Å². The third kappa shape index (κ3) is 27.0. The van der Waals surface area contributed by atoms with E-state index in [2.05, 4.69) is 16.8 Å². The molecule has 0 aliphatic carbocycles. The van der Waals surface area contributed by atoms with Gasteiger partial charge in [-0.05, 0) is 6.42 Å². The van der Waals surface area contributed by atoms with Gasteiger partial charge in [0.05, 0.1) is 19.3 Å². The summed E-state index contributed by atoms with van der Waals surface area (Å²) in [6.07, 6.45) is 15.0. The molecule has 0 aliphatic heterocycles. The molecule has 2 atom stereocenters. The van der Waals surface area contributed by atoms with Crippen molar-refractivity contribution < 1.29 is 58.3 Å². The largest absolute Gasteiger partial charge is 1.00 e. The van der Waals surface area contributed by atoms with Crippen molar-refractivity contribution >= 4 is 7.82 Å². The number of aliphatic hydroxyl groups excluding tert-OH is 1. The number of phosphoric acid groups is 1. The van der Waals surface area contributed by atoms with Crippen molar-refractivity contribution in [1.82, 2.24) is 5.32 Å². The van der Waals surface area contributed by atoms with E-state index in [4.69, 9.17) is 9.63 Å². The van der Waals surface area contributed by atoms with Crippen LogP contribution in [0.5, 0.6) is 0 Å². The van der Waals surface area contributed by atoms with Gasteiger partial charge in [0.1, 0.15) is 0 Å². The second-order valence-corrected chi connectivity index (χ2v) is 8.32. The summed E-state index contributed by atoms with van der Waals surface area (Å²) >= 11 is 0. The molecule has 28 heavy (non-hydrogen) atoms. The van der Waals surface area contributed by atoms with E-state index in [0.29, 0.717) is 6.61 Å². The molecule has 2 unspecified atom stereocenters. The van der Waals surface area contributed by atoms with E-state index < -0.39 is 13.9 Å². The number of ether oxygens (including phenoxy) is 1. The summed E-state index contributed by atoms with van der Waals surface area (Å²) in [4.78, 5) is 18.8. The minimum absolute atomic E-state index is 0. The molecule has 0 fully saturated rings. The molecule has 7 nitrogen and oxygen atoms in total. The first-order valence-corrected chi connectivity index (χ1v) is 12.1. The molecular weight excluding hydrogens is 392 g/mol. The van der Waals surface area contributed by atoms with Crippen molar-refractivity contribution in [3.8, 4) is 0 Å². The fourth-order valence-corrected chi connectivity index (χ4v) is 3.15. The van der Waals surface area contributed by atoms with E-state index in [1.807, 2.05) is 0 Å². The van der Waals surface area contributed by atoms with E-state index >= 15 is 0 Å². The molecule has 0 aromatic carbocycles. The first-order chi connectivity index (χ1) is 13.0. The Hall–Kier alpha value is 0.990. The van der Waals surface area contributed by atoms with Crippen molar-refractivity contribution in [3.63, 3.8) is 0 Å². The van der Waals surface area contributed by atoms with Gasteiger partial charge >= 0.3 is 29.6 Å². The molecule has 0 bridgehead atoms. The Morgan fingerprint density at radius 3 is 1.93 bits per heavy atom. The Kier molecular flexibility index (Phi) is 25.2. The minimum Gasteiger partial charge on any atom is -0.756 e. The number of nitrogens with one attached hydrogen (secondary N) is 1. The van der Waals surface area contributed by atoms with Crippen LogP contribution in [0.25, 0.3) is 0 Å². The quantitative estimate of drug-likeness (QED) is 0.134. The van der Waals surface area contributed by atoms with E-state index in [-0.39, 0.29) is 55.9 Å². The zero-order valence-electron chi connectivity index (χ0n) is 18.1. The third-order valence-electron chi connectivity index (χ3n) is 4.37. The summed E-state index contributed by atoms with van der Waals surface area (Å²) in [5.41, 5.74) is 0. The van der Waals surface area contributed by atoms with Crippen LogP contribution >= 0.6 is 7.82 Å². The maximum Gasteiger partial charge on any atom is 1.00 e. The number of unbranched alkanes of at least 4 members (excludes halogenated alkanes) is 11. The summed E-state index contributed by atoms with van der Waals surface area (Å²) in [6.45, 7) is 3.51. The van der Waals surface area contributed by atoms with Crippen LogP contribution in [0.15, 0.2) is 0 Å². The number of hydrogen-bond donors (Lipinski definition) is 3. The van der Waals surface area contributed by atoms with Crippen molar-refractivity contribution in [3.05, 3.63) is 0 Å². The molecule has 0 radical (unpaired) electrons. The van der Waals surface area contributed by atoms with Gasteiger partial charge in [0.15, 0.2) is 0 Å². The Balaban J connectivity index is 0. The fourth-order valence-electron chi connectivity index (χ4n) is 2.83. The van der Waals surface area contributed by atoms with Gasteiger partial charge in [-0.1, -0.05) is 77.6 Å². The van der Waals surface area contributed by atoms with Crippen LogP contribution < -0.4 is 39.8 Å². The third-order valence-corrected chi connectivity index (χ3v) is 4.87. The predicted octanol–water partition coefficient (Wildman–Crippen LogP) is 0.136.